The Morgan fingerprint density at radius 2 is 1.85 bits per heavy atom. The highest BCUT2D eigenvalue weighted by Crippen LogP contribution is 2.22. The van der Waals surface area contributed by atoms with Gasteiger partial charge in [0.25, 0.3) is 5.91 Å². The number of piperidine rings is 1. The van der Waals surface area contributed by atoms with E-state index in [-0.39, 0.29) is 5.91 Å². The predicted octanol–water partition coefficient (Wildman–Crippen LogP) is 2.50. The van der Waals surface area contributed by atoms with Gasteiger partial charge in [-0.3, -0.25) is 4.79 Å². The Hall–Kier alpha value is -2.67. The summed E-state index contributed by atoms with van der Waals surface area (Å²) in [5.41, 5.74) is 2.51. The summed E-state index contributed by atoms with van der Waals surface area (Å²) in [7, 11) is 3.94. The zero-order valence-electron chi connectivity index (χ0n) is 16.1. The first kappa shape index (κ1) is 19.1. The van der Waals surface area contributed by atoms with Crippen LogP contribution in [0, 0.1) is 0 Å². The van der Waals surface area contributed by atoms with Crippen molar-refractivity contribution in [2.45, 2.75) is 19.3 Å². The molecule has 144 valence electrons. The topological polar surface area (TPSA) is 73.4 Å². The molecule has 1 aromatic carbocycles. The normalized spacial score (nSPS) is 14.3. The van der Waals surface area contributed by atoms with Crippen LogP contribution < -0.4 is 15.5 Å². The number of carbonyl (C=O) groups is 1. The largest absolute Gasteiger partial charge is 0.372 e. The molecule has 1 saturated heterocycles. The maximum Gasteiger partial charge on any atom is 0.270 e. The van der Waals surface area contributed by atoms with E-state index in [1.54, 1.807) is 12.3 Å². The fraction of sp³-hybridized carbons (Fsp3) is 0.450. The minimum Gasteiger partial charge on any atom is -0.372 e. The summed E-state index contributed by atoms with van der Waals surface area (Å²) in [6.45, 7) is 3.61. The van der Waals surface area contributed by atoms with Crippen LogP contribution in [0.25, 0.3) is 0 Å². The molecule has 1 fully saturated rings. The maximum absolute atomic E-state index is 12.2. The zero-order valence-corrected chi connectivity index (χ0v) is 16.1. The van der Waals surface area contributed by atoms with E-state index in [2.05, 4.69) is 37.6 Å². The summed E-state index contributed by atoms with van der Waals surface area (Å²) in [4.78, 5) is 25.2. The summed E-state index contributed by atoms with van der Waals surface area (Å²) in [5.74, 6) is 0.226. The molecule has 1 aliphatic rings. The van der Waals surface area contributed by atoms with E-state index in [1.807, 2.05) is 31.1 Å². The number of benzene rings is 1. The van der Waals surface area contributed by atoms with Gasteiger partial charge in [-0.15, -0.1) is 0 Å². The lowest BCUT2D eigenvalue weighted by molar-refractivity contribution is 0.0946. The second kappa shape index (κ2) is 9.32. The van der Waals surface area contributed by atoms with Crippen molar-refractivity contribution in [1.29, 1.82) is 0 Å². The monoisotopic (exact) mass is 368 g/mol. The van der Waals surface area contributed by atoms with Crippen molar-refractivity contribution in [2.24, 2.45) is 0 Å². The lowest BCUT2D eigenvalue weighted by Crippen LogP contribution is -2.31. The van der Waals surface area contributed by atoms with Gasteiger partial charge in [0.15, 0.2) is 0 Å². The van der Waals surface area contributed by atoms with Crippen molar-refractivity contribution in [2.75, 3.05) is 50.5 Å². The number of hydrogen-bond donors (Lipinski definition) is 2. The molecule has 27 heavy (non-hydrogen) atoms. The van der Waals surface area contributed by atoms with Gasteiger partial charge in [-0.1, -0.05) is 0 Å². The number of likely N-dealkylation sites (N-methyl/N-ethyl adjacent to an activating group) is 1. The first-order valence-corrected chi connectivity index (χ1v) is 9.50. The minimum atomic E-state index is -0.192. The van der Waals surface area contributed by atoms with Crippen LogP contribution in [0.1, 0.15) is 29.8 Å². The zero-order chi connectivity index (χ0) is 19.1. The van der Waals surface area contributed by atoms with Gasteiger partial charge in [0.2, 0.25) is 5.95 Å². The summed E-state index contributed by atoms with van der Waals surface area (Å²) >= 11 is 0. The molecule has 2 heterocycles. The van der Waals surface area contributed by atoms with Gasteiger partial charge in [0.1, 0.15) is 5.69 Å². The highest BCUT2D eigenvalue weighted by atomic mass is 16.1. The average molecular weight is 368 g/mol. The Morgan fingerprint density at radius 1 is 1.11 bits per heavy atom. The van der Waals surface area contributed by atoms with E-state index >= 15 is 0 Å². The Labute approximate surface area is 160 Å². The first-order chi connectivity index (χ1) is 13.1. The molecular formula is C20H28N6O. The summed E-state index contributed by atoms with van der Waals surface area (Å²) in [6.07, 6.45) is 5.44. The van der Waals surface area contributed by atoms with E-state index in [4.69, 9.17) is 0 Å². The van der Waals surface area contributed by atoms with Gasteiger partial charge in [-0.05, 0) is 63.7 Å². The third kappa shape index (κ3) is 5.65. The van der Waals surface area contributed by atoms with Gasteiger partial charge >= 0.3 is 0 Å². The molecule has 0 spiro atoms. The SMILES string of the molecule is CN(C)CCNC(=O)c1ccnc(Nc2ccc(N3CCCCC3)cc2)n1. The molecule has 7 nitrogen and oxygen atoms in total. The van der Waals surface area contributed by atoms with Gasteiger partial charge in [0.05, 0.1) is 0 Å². The van der Waals surface area contributed by atoms with Gasteiger partial charge < -0.3 is 20.4 Å². The van der Waals surface area contributed by atoms with Crippen molar-refractivity contribution in [3.8, 4) is 0 Å². The number of rotatable bonds is 7. The second-order valence-electron chi connectivity index (χ2n) is 7.04. The lowest BCUT2D eigenvalue weighted by Gasteiger charge is -2.28. The average Bonchev–Trinajstić information content (AvgIpc) is 2.69. The fourth-order valence-corrected chi connectivity index (χ4v) is 3.07. The maximum atomic E-state index is 12.2. The highest BCUT2D eigenvalue weighted by molar-refractivity contribution is 5.92. The van der Waals surface area contributed by atoms with Gasteiger partial charge in [-0.2, -0.15) is 0 Å². The van der Waals surface area contributed by atoms with Crippen LogP contribution in [0.2, 0.25) is 0 Å². The third-order valence-electron chi connectivity index (χ3n) is 4.58. The smallest absolute Gasteiger partial charge is 0.270 e. The van der Waals surface area contributed by atoms with Crippen molar-refractivity contribution in [3.63, 3.8) is 0 Å². The highest BCUT2D eigenvalue weighted by Gasteiger charge is 2.11. The molecule has 0 radical (unpaired) electrons. The molecule has 0 saturated carbocycles. The first-order valence-electron chi connectivity index (χ1n) is 9.50. The molecular weight excluding hydrogens is 340 g/mol. The van der Waals surface area contributed by atoms with Crippen LogP contribution in [0.15, 0.2) is 36.5 Å². The molecule has 7 heteroatoms. The standard InChI is InChI=1S/C20H28N6O/c1-25(2)15-12-21-19(27)18-10-11-22-20(24-18)23-16-6-8-17(9-7-16)26-13-4-3-5-14-26/h6-11H,3-5,12-15H2,1-2H3,(H,21,27)(H,22,23,24). The number of nitrogens with zero attached hydrogens (tertiary/aromatic N) is 4. The Bertz CT molecular complexity index is 740. The molecule has 1 aliphatic heterocycles. The summed E-state index contributed by atoms with van der Waals surface area (Å²) < 4.78 is 0. The molecule has 0 aliphatic carbocycles. The summed E-state index contributed by atoms with van der Waals surface area (Å²) in [6, 6.07) is 9.90. The van der Waals surface area contributed by atoms with Crippen molar-refractivity contribution in [1.82, 2.24) is 20.2 Å². The van der Waals surface area contributed by atoms with Crippen molar-refractivity contribution < 1.29 is 4.79 Å². The predicted molar refractivity (Wildman–Crippen MR) is 109 cm³/mol. The second-order valence-corrected chi connectivity index (χ2v) is 7.04. The molecule has 2 aromatic rings. The quantitative estimate of drug-likeness (QED) is 0.782. The molecule has 0 atom stereocenters. The Kier molecular flexibility index (Phi) is 6.59. The number of nitrogens with one attached hydrogen (secondary N) is 2. The fourth-order valence-electron chi connectivity index (χ4n) is 3.07. The van der Waals surface area contributed by atoms with E-state index in [0.29, 0.717) is 18.2 Å². The third-order valence-corrected chi connectivity index (χ3v) is 4.58. The van der Waals surface area contributed by atoms with E-state index in [1.165, 1.54) is 24.9 Å². The number of carbonyl (C=O) groups excluding carboxylic acids is 1. The number of aromatic nitrogens is 2. The number of amides is 1. The lowest BCUT2D eigenvalue weighted by atomic mass is 10.1. The molecule has 2 N–H and O–H groups in total. The molecule has 1 aromatic heterocycles. The van der Waals surface area contributed by atoms with Crippen molar-refractivity contribution in [3.05, 3.63) is 42.2 Å². The van der Waals surface area contributed by atoms with Crippen LogP contribution in [-0.4, -0.2) is 61.0 Å². The van der Waals surface area contributed by atoms with E-state index in [0.717, 1.165) is 25.3 Å². The Morgan fingerprint density at radius 3 is 2.56 bits per heavy atom. The summed E-state index contributed by atoms with van der Waals surface area (Å²) in [5, 5.41) is 6.04. The van der Waals surface area contributed by atoms with Crippen LogP contribution in [0.5, 0.6) is 0 Å². The minimum absolute atomic E-state index is 0.192. The van der Waals surface area contributed by atoms with Gasteiger partial charge in [0, 0.05) is 43.8 Å². The van der Waals surface area contributed by atoms with E-state index in [9.17, 15) is 4.79 Å². The molecule has 3 rings (SSSR count). The van der Waals surface area contributed by atoms with Crippen LogP contribution in [-0.2, 0) is 0 Å². The Balaban J connectivity index is 1.59. The van der Waals surface area contributed by atoms with Crippen LogP contribution in [0.3, 0.4) is 0 Å². The van der Waals surface area contributed by atoms with Crippen molar-refractivity contribution >= 4 is 23.2 Å². The van der Waals surface area contributed by atoms with Gasteiger partial charge in [-0.25, -0.2) is 9.97 Å². The molecule has 0 bridgehead atoms. The number of anilines is 3. The molecule has 0 unspecified atom stereocenters. The van der Waals surface area contributed by atoms with E-state index < -0.39 is 0 Å². The number of hydrogen-bond acceptors (Lipinski definition) is 6. The van der Waals surface area contributed by atoms with Crippen LogP contribution in [0.4, 0.5) is 17.3 Å². The van der Waals surface area contributed by atoms with Crippen LogP contribution >= 0.6 is 0 Å². The molecule has 1 amide bonds.